The molecule has 0 spiro atoms. The maximum atomic E-state index is 11.9. The van der Waals surface area contributed by atoms with E-state index in [1.165, 1.54) is 116 Å². The highest BCUT2D eigenvalue weighted by molar-refractivity contribution is 7.80. The molecule has 4 N–H and O–H groups in total. The van der Waals surface area contributed by atoms with Gasteiger partial charge in [-0.15, -0.1) is 0 Å². The van der Waals surface area contributed by atoms with Crippen molar-refractivity contribution in [2.75, 3.05) is 26.4 Å². The number of ether oxygens (including phenoxy) is 4. The number of rotatable bonds is 32. The van der Waals surface area contributed by atoms with Crippen molar-refractivity contribution in [3.63, 3.8) is 0 Å². The quantitative estimate of drug-likeness (QED) is 0.0354. The van der Waals surface area contributed by atoms with Gasteiger partial charge >= 0.3 is 16.4 Å². The van der Waals surface area contributed by atoms with Gasteiger partial charge in [-0.25, -0.2) is 4.18 Å². The molecule has 12 nitrogen and oxygen atoms in total. The average Bonchev–Trinajstić information content (AvgIpc) is 3.05. The van der Waals surface area contributed by atoms with Gasteiger partial charge in [-0.1, -0.05) is 142 Å². The molecule has 286 valence electrons. The summed E-state index contributed by atoms with van der Waals surface area (Å²) in [5.41, 5.74) is 0. The minimum atomic E-state index is -5.04. The summed E-state index contributed by atoms with van der Waals surface area (Å²) in [4.78, 5) is 11.9. The fourth-order valence-electron chi connectivity index (χ4n) is 5.88. The van der Waals surface area contributed by atoms with Gasteiger partial charge in [-0.3, -0.25) is 9.35 Å². The second kappa shape index (κ2) is 28.8. The number of esters is 1. The number of carbonyl (C=O) groups excluding carboxylic acids is 1. The van der Waals surface area contributed by atoms with Crippen LogP contribution in [0.15, 0.2) is 0 Å². The van der Waals surface area contributed by atoms with E-state index in [2.05, 4.69) is 11.1 Å². The average molecular weight is 713 g/mol. The number of unbranched alkanes of at least 4 members (excludes halogenated alkanes) is 20. The summed E-state index contributed by atoms with van der Waals surface area (Å²) in [5.74, 6) is -0.484. The molecule has 13 heteroatoms. The SMILES string of the molecule is CCCCCCCCCCCCCCCCCCCCCCCOCC(COC1OC(CO)C(O)C(OS(=O)(=O)O)C1O)OC(=O)CC. The first-order chi connectivity index (χ1) is 23.1. The Hall–Kier alpha value is -0.900. The molecule has 0 aromatic carbocycles. The Morgan fingerprint density at radius 1 is 0.708 bits per heavy atom. The third-order valence-electron chi connectivity index (χ3n) is 8.78. The highest BCUT2D eigenvalue weighted by Gasteiger charge is 2.48. The standard InChI is InChI=1S/C35H68O12S/c1-3-5-6-7-8-9-10-11-12-13-14-15-16-17-18-19-20-21-22-23-24-25-43-27-29(45-31(37)4-2)28-44-35-33(39)34(47-48(40,41)42)32(38)30(26-36)46-35/h29-30,32-36,38-39H,3-28H2,1-2H3,(H,40,41,42). The zero-order chi connectivity index (χ0) is 35.5. The van der Waals surface area contributed by atoms with Crippen LogP contribution in [0.2, 0.25) is 0 Å². The fraction of sp³-hybridized carbons (Fsp3) is 0.971. The van der Waals surface area contributed by atoms with Gasteiger partial charge < -0.3 is 34.3 Å². The van der Waals surface area contributed by atoms with Gasteiger partial charge in [0.25, 0.3) is 0 Å². The molecule has 0 saturated carbocycles. The van der Waals surface area contributed by atoms with Crippen molar-refractivity contribution >= 4 is 16.4 Å². The van der Waals surface area contributed by atoms with E-state index < -0.39 is 59.8 Å². The fourth-order valence-corrected chi connectivity index (χ4v) is 6.39. The molecule has 0 aromatic heterocycles. The molecule has 1 rings (SSSR count). The molecule has 48 heavy (non-hydrogen) atoms. The van der Waals surface area contributed by atoms with Crippen molar-refractivity contribution < 1.29 is 56.2 Å². The monoisotopic (exact) mass is 712 g/mol. The number of carbonyl (C=O) groups is 1. The lowest BCUT2D eigenvalue weighted by molar-refractivity contribution is -0.301. The molecule has 0 bridgehead atoms. The van der Waals surface area contributed by atoms with Crippen LogP contribution < -0.4 is 0 Å². The number of hydrogen-bond donors (Lipinski definition) is 4. The summed E-state index contributed by atoms with van der Waals surface area (Å²) < 4.78 is 57.7. The maximum absolute atomic E-state index is 11.9. The third-order valence-corrected chi connectivity index (χ3v) is 9.25. The number of hydrogen-bond acceptors (Lipinski definition) is 11. The topological polar surface area (TPSA) is 178 Å². The minimum Gasteiger partial charge on any atom is -0.457 e. The molecule has 1 fully saturated rings. The van der Waals surface area contributed by atoms with Gasteiger partial charge in [-0.2, -0.15) is 8.42 Å². The Balaban J connectivity index is 2.11. The Morgan fingerprint density at radius 3 is 1.58 bits per heavy atom. The Labute approximate surface area is 290 Å². The molecule has 1 aliphatic heterocycles. The summed E-state index contributed by atoms with van der Waals surface area (Å²) in [6.45, 7) is 3.40. The lowest BCUT2D eigenvalue weighted by Crippen LogP contribution is -2.60. The van der Waals surface area contributed by atoms with Gasteiger partial charge in [0, 0.05) is 13.0 Å². The van der Waals surface area contributed by atoms with Crippen LogP contribution in [0.1, 0.15) is 155 Å². The number of aliphatic hydroxyl groups is 3. The van der Waals surface area contributed by atoms with E-state index in [1.54, 1.807) is 6.92 Å². The Bertz CT molecular complexity index is 874. The van der Waals surface area contributed by atoms with E-state index in [0.717, 1.165) is 19.3 Å². The molecule has 1 heterocycles. The minimum absolute atomic E-state index is 0.0325. The van der Waals surface area contributed by atoms with E-state index >= 15 is 0 Å². The van der Waals surface area contributed by atoms with E-state index in [1.807, 2.05) is 0 Å². The van der Waals surface area contributed by atoms with Crippen molar-refractivity contribution in [2.45, 2.75) is 192 Å². The van der Waals surface area contributed by atoms with Crippen molar-refractivity contribution in [3.05, 3.63) is 0 Å². The van der Waals surface area contributed by atoms with Crippen LogP contribution in [0.5, 0.6) is 0 Å². The van der Waals surface area contributed by atoms with E-state index in [4.69, 9.17) is 23.5 Å². The van der Waals surface area contributed by atoms with Crippen LogP contribution in [0.3, 0.4) is 0 Å². The smallest absolute Gasteiger partial charge is 0.397 e. The molecule has 0 amide bonds. The van der Waals surface area contributed by atoms with Crippen molar-refractivity contribution in [3.8, 4) is 0 Å². The van der Waals surface area contributed by atoms with Crippen LogP contribution in [-0.2, 0) is 38.3 Å². The molecule has 6 atom stereocenters. The molecule has 0 aliphatic carbocycles. The molecule has 0 radical (unpaired) electrons. The molecular formula is C35H68O12S. The van der Waals surface area contributed by atoms with Crippen molar-refractivity contribution in [1.82, 2.24) is 0 Å². The molecule has 1 saturated heterocycles. The highest BCUT2D eigenvalue weighted by atomic mass is 32.3. The second-order valence-electron chi connectivity index (χ2n) is 13.1. The van der Waals surface area contributed by atoms with Crippen molar-refractivity contribution in [1.29, 1.82) is 0 Å². The normalized spacial score (nSPS) is 22.2. The van der Waals surface area contributed by atoms with Gasteiger partial charge in [0.2, 0.25) is 0 Å². The van der Waals surface area contributed by atoms with E-state index in [9.17, 15) is 28.5 Å². The number of aliphatic hydroxyl groups excluding tert-OH is 3. The zero-order valence-corrected chi connectivity index (χ0v) is 30.6. The first-order valence-corrected chi connectivity index (χ1v) is 20.2. The Kier molecular flexibility index (Phi) is 27.0. The van der Waals surface area contributed by atoms with Crippen LogP contribution in [-0.4, -0.2) is 97.5 Å². The predicted octanol–water partition coefficient (Wildman–Crippen LogP) is 6.18. The first-order valence-electron chi connectivity index (χ1n) is 18.8. The Morgan fingerprint density at radius 2 is 1.17 bits per heavy atom. The lowest BCUT2D eigenvalue weighted by atomic mass is 9.99. The maximum Gasteiger partial charge on any atom is 0.397 e. The predicted molar refractivity (Wildman–Crippen MR) is 184 cm³/mol. The van der Waals surface area contributed by atoms with Crippen LogP contribution in [0.25, 0.3) is 0 Å². The van der Waals surface area contributed by atoms with E-state index in [0.29, 0.717) is 6.61 Å². The van der Waals surface area contributed by atoms with Gasteiger partial charge in [0.05, 0.1) is 19.8 Å². The lowest BCUT2D eigenvalue weighted by Gasteiger charge is -2.41. The van der Waals surface area contributed by atoms with Crippen LogP contribution in [0.4, 0.5) is 0 Å². The summed E-state index contributed by atoms with van der Waals surface area (Å²) in [7, 11) is -5.04. The summed E-state index contributed by atoms with van der Waals surface area (Å²) in [6.07, 6.45) is 18.5. The highest BCUT2D eigenvalue weighted by Crippen LogP contribution is 2.26. The van der Waals surface area contributed by atoms with Crippen LogP contribution >= 0.6 is 0 Å². The van der Waals surface area contributed by atoms with Crippen molar-refractivity contribution in [2.24, 2.45) is 0 Å². The van der Waals surface area contributed by atoms with Gasteiger partial charge in [0.1, 0.15) is 30.5 Å². The summed E-state index contributed by atoms with van der Waals surface area (Å²) in [5, 5.41) is 30.1. The van der Waals surface area contributed by atoms with E-state index in [-0.39, 0.29) is 19.6 Å². The molecule has 1 aliphatic rings. The molecule has 0 aromatic rings. The molecular weight excluding hydrogens is 644 g/mol. The summed E-state index contributed by atoms with van der Waals surface area (Å²) >= 11 is 0. The zero-order valence-electron chi connectivity index (χ0n) is 29.8. The van der Waals surface area contributed by atoms with Crippen LogP contribution in [0, 0.1) is 0 Å². The third kappa shape index (κ3) is 22.7. The first kappa shape index (κ1) is 45.1. The van der Waals surface area contributed by atoms with Gasteiger partial charge in [-0.05, 0) is 6.42 Å². The van der Waals surface area contributed by atoms with Gasteiger partial charge in [0.15, 0.2) is 6.29 Å². The largest absolute Gasteiger partial charge is 0.457 e. The molecule has 6 unspecified atom stereocenters. The summed E-state index contributed by atoms with van der Waals surface area (Å²) in [6, 6.07) is 0. The second-order valence-corrected chi connectivity index (χ2v) is 14.2.